The van der Waals surface area contributed by atoms with Crippen LogP contribution < -0.4 is 15.5 Å². The fourth-order valence-electron chi connectivity index (χ4n) is 3.26. The minimum Gasteiger partial charge on any atom is -0.355 e. The first-order valence-corrected chi connectivity index (χ1v) is 9.25. The molecule has 1 atom stereocenters. The Bertz CT molecular complexity index is 781. The third-order valence-corrected chi connectivity index (χ3v) is 4.56. The molecular formula is C20H25N5O2. The smallest absolute Gasteiger partial charge is 0.233 e. The Morgan fingerprint density at radius 1 is 1.19 bits per heavy atom. The zero-order valence-electron chi connectivity index (χ0n) is 15.5. The number of piperidine rings is 1. The van der Waals surface area contributed by atoms with Gasteiger partial charge in [-0.15, -0.1) is 0 Å². The van der Waals surface area contributed by atoms with Crippen molar-refractivity contribution in [2.45, 2.75) is 26.2 Å². The lowest BCUT2D eigenvalue weighted by Crippen LogP contribution is -2.42. The summed E-state index contributed by atoms with van der Waals surface area (Å²) in [5, 5.41) is 5.64. The van der Waals surface area contributed by atoms with Crippen LogP contribution in [0, 0.1) is 12.8 Å². The molecule has 1 saturated heterocycles. The number of nitrogens with zero attached hydrogens (tertiary/aromatic N) is 3. The van der Waals surface area contributed by atoms with Crippen molar-refractivity contribution in [3.63, 3.8) is 0 Å². The van der Waals surface area contributed by atoms with E-state index in [0.29, 0.717) is 18.2 Å². The van der Waals surface area contributed by atoms with Crippen molar-refractivity contribution in [3.8, 4) is 0 Å². The first-order chi connectivity index (χ1) is 13.1. The van der Waals surface area contributed by atoms with Gasteiger partial charge in [0.15, 0.2) is 0 Å². The number of benzene rings is 1. The van der Waals surface area contributed by atoms with Crippen LogP contribution in [0.5, 0.6) is 0 Å². The minimum absolute atomic E-state index is 0.174. The Labute approximate surface area is 159 Å². The molecule has 142 valence electrons. The van der Waals surface area contributed by atoms with Crippen LogP contribution in [0.4, 0.5) is 11.6 Å². The summed E-state index contributed by atoms with van der Waals surface area (Å²) < 4.78 is 0. The molecule has 1 aromatic heterocycles. The Hall–Kier alpha value is -2.96. The molecule has 27 heavy (non-hydrogen) atoms. The van der Waals surface area contributed by atoms with Crippen molar-refractivity contribution < 1.29 is 9.59 Å². The molecule has 7 nitrogen and oxygen atoms in total. The van der Waals surface area contributed by atoms with Crippen LogP contribution >= 0.6 is 0 Å². The van der Waals surface area contributed by atoms with Gasteiger partial charge in [-0.1, -0.05) is 12.1 Å². The average molecular weight is 367 g/mol. The maximum Gasteiger partial charge on any atom is 0.233 e. The van der Waals surface area contributed by atoms with Gasteiger partial charge in [0.2, 0.25) is 17.8 Å². The summed E-state index contributed by atoms with van der Waals surface area (Å²) in [7, 11) is 0. The van der Waals surface area contributed by atoms with Crippen LogP contribution in [-0.2, 0) is 9.59 Å². The molecule has 1 aliphatic heterocycles. The summed E-state index contributed by atoms with van der Waals surface area (Å²) in [6, 6.07) is 9.31. The molecule has 1 fully saturated rings. The SMILES string of the molecule is Cc1cccc(NC(=O)CC(=O)NCC2CCCN(c3ncccn3)C2)c1. The van der Waals surface area contributed by atoms with Crippen LogP contribution in [-0.4, -0.2) is 41.4 Å². The molecule has 1 aromatic carbocycles. The lowest BCUT2D eigenvalue weighted by molar-refractivity contribution is -0.126. The molecule has 1 aliphatic rings. The molecule has 3 rings (SSSR count). The topological polar surface area (TPSA) is 87.2 Å². The van der Waals surface area contributed by atoms with Crippen LogP contribution in [0.3, 0.4) is 0 Å². The number of aromatic nitrogens is 2. The number of amides is 2. The molecule has 0 aliphatic carbocycles. The van der Waals surface area contributed by atoms with Gasteiger partial charge in [0.25, 0.3) is 0 Å². The molecule has 2 heterocycles. The number of carbonyl (C=O) groups is 2. The highest BCUT2D eigenvalue weighted by molar-refractivity contribution is 6.03. The lowest BCUT2D eigenvalue weighted by atomic mass is 9.98. The fraction of sp³-hybridized carbons (Fsp3) is 0.400. The number of anilines is 2. The number of nitrogens with one attached hydrogen (secondary N) is 2. The molecule has 7 heteroatoms. The van der Waals surface area contributed by atoms with Gasteiger partial charge in [-0.25, -0.2) is 9.97 Å². The van der Waals surface area contributed by atoms with Gasteiger partial charge in [-0.05, 0) is 49.4 Å². The van der Waals surface area contributed by atoms with Gasteiger partial charge in [0.05, 0.1) is 0 Å². The normalized spacial score (nSPS) is 16.6. The number of aryl methyl sites for hydroxylation is 1. The molecule has 0 radical (unpaired) electrons. The van der Waals surface area contributed by atoms with Crippen LogP contribution in [0.15, 0.2) is 42.7 Å². The molecule has 1 unspecified atom stereocenters. The highest BCUT2D eigenvalue weighted by atomic mass is 16.2. The second-order valence-corrected chi connectivity index (χ2v) is 6.90. The van der Waals surface area contributed by atoms with E-state index in [1.807, 2.05) is 31.2 Å². The largest absolute Gasteiger partial charge is 0.355 e. The Morgan fingerprint density at radius 2 is 2.00 bits per heavy atom. The quantitative estimate of drug-likeness (QED) is 0.764. The highest BCUT2D eigenvalue weighted by Crippen LogP contribution is 2.19. The monoisotopic (exact) mass is 367 g/mol. The van der Waals surface area contributed by atoms with E-state index in [2.05, 4.69) is 25.5 Å². The van der Waals surface area contributed by atoms with Crippen LogP contribution in [0.25, 0.3) is 0 Å². The first-order valence-electron chi connectivity index (χ1n) is 9.25. The number of hydrogen-bond acceptors (Lipinski definition) is 5. The highest BCUT2D eigenvalue weighted by Gasteiger charge is 2.22. The van der Waals surface area contributed by atoms with Crippen molar-refractivity contribution in [1.82, 2.24) is 15.3 Å². The van der Waals surface area contributed by atoms with E-state index < -0.39 is 0 Å². The Morgan fingerprint density at radius 3 is 2.78 bits per heavy atom. The van der Waals surface area contributed by atoms with Crippen LogP contribution in [0.2, 0.25) is 0 Å². The van der Waals surface area contributed by atoms with Gasteiger partial charge in [0, 0.05) is 37.7 Å². The summed E-state index contributed by atoms with van der Waals surface area (Å²) in [4.78, 5) is 34.8. The van der Waals surface area contributed by atoms with Crippen LogP contribution in [0.1, 0.15) is 24.8 Å². The van der Waals surface area contributed by atoms with Gasteiger partial charge < -0.3 is 15.5 Å². The number of carbonyl (C=O) groups excluding carboxylic acids is 2. The van der Waals surface area contributed by atoms with Gasteiger partial charge in [-0.3, -0.25) is 9.59 Å². The van der Waals surface area contributed by atoms with Crippen molar-refractivity contribution in [2.24, 2.45) is 5.92 Å². The summed E-state index contributed by atoms with van der Waals surface area (Å²) in [6.07, 6.45) is 5.37. The predicted molar refractivity (Wildman–Crippen MR) is 104 cm³/mol. The third kappa shape index (κ3) is 5.77. The predicted octanol–water partition coefficient (Wildman–Crippen LogP) is 2.15. The second-order valence-electron chi connectivity index (χ2n) is 6.90. The molecule has 0 bridgehead atoms. The van der Waals surface area contributed by atoms with E-state index in [9.17, 15) is 9.59 Å². The summed E-state index contributed by atoms with van der Waals surface area (Å²) >= 11 is 0. The summed E-state index contributed by atoms with van der Waals surface area (Å²) in [6.45, 7) is 4.24. The third-order valence-electron chi connectivity index (χ3n) is 4.56. The second kappa shape index (κ2) is 9.12. The zero-order chi connectivity index (χ0) is 19.1. The van der Waals surface area contributed by atoms with Gasteiger partial charge in [-0.2, -0.15) is 0 Å². The summed E-state index contributed by atoms with van der Waals surface area (Å²) in [5.41, 5.74) is 1.76. The van der Waals surface area contributed by atoms with E-state index in [4.69, 9.17) is 0 Å². The van der Waals surface area contributed by atoms with Crippen molar-refractivity contribution in [1.29, 1.82) is 0 Å². The fourth-order valence-corrected chi connectivity index (χ4v) is 3.26. The van der Waals surface area contributed by atoms with E-state index in [1.165, 1.54) is 0 Å². The Balaban J connectivity index is 1.42. The molecular weight excluding hydrogens is 342 g/mol. The number of hydrogen-bond donors (Lipinski definition) is 2. The molecule has 2 aromatic rings. The maximum absolute atomic E-state index is 12.1. The van der Waals surface area contributed by atoms with E-state index >= 15 is 0 Å². The average Bonchev–Trinajstić information content (AvgIpc) is 2.67. The minimum atomic E-state index is -0.305. The van der Waals surface area contributed by atoms with Gasteiger partial charge >= 0.3 is 0 Å². The van der Waals surface area contributed by atoms with Crippen molar-refractivity contribution >= 4 is 23.5 Å². The van der Waals surface area contributed by atoms with E-state index in [0.717, 1.165) is 37.4 Å². The molecule has 2 N–H and O–H groups in total. The lowest BCUT2D eigenvalue weighted by Gasteiger charge is -2.32. The molecule has 2 amide bonds. The van der Waals surface area contributed by atoms with Crippen molar-refractivity contribution in [2.75, 3.05) is 29.9 Å². The van der Waals surface area contributed by atoms with E-state index in [-0.39, 0.29) is 18.2 Å². The zero-order valence-corrected chi connectivity index (χ0v) is 15.5. The summed E-state index contributed by atoms with van der Waals surface area (Å²) in [5.74, 6) is 0.492. The van der Waals surface area contributed by atoms with E-state index in [1.54, 1.807) is 18.5 Å². The maximum atomic E-state index is 12.1. The molecule has 0 saturated carbocycles. The molecule has 0 spiro atoms. The Kier molecular flexibility index (Phi) is 6.35. The number of rotatable bonds is 6. The standard InChI is InChI=1S/C20H25N5O2/c1-15-5-2-7-17(11-15)24-19(27)12-18(26)23-13-16-6-3-10-25(14-16)20-21-8-4-9-22-20/h2,4-5,7-9,11,16H,3,6,10,12-14H2,1H3,(H,23,26)(H,24,27). The van der Waals surface area contributed by atoms with Crippen molar-refractivity contribution in [3.05, 3.63) is 48.3 Å². The van der Waals surface area contributed by atoms with Gasteiger partial charge in [0.1, 0.15) is 6.42 Å². The first kappa shape index (κ1) is 18.8.